The number of hydrogen-bond acceptors (Lipinski definition) is 5. The summed E-state index contributed by atoms with van der Waals surface area (Å²) in [4.78, 5) is 25.7. The second kappa shape index (κ2) is 6.22. The minimum atomic E-state index is -1.74. The van der Waals surface area contributed by atoms with E-state index in [-0.39, 0.29) is 31.8 Å². The number of amides is 1. The number of piperidine rings is 1. The Kier molecular flexibility index (Phi) is 4.36. The topological polar surface area (TPSA) is 96.3 Å². The normalized spacial score (nSPS) is 19.4. The highest BCUT2D eigenvalue weighted by Crippen LogP contribution is 2.36. The van der Waals surface area contributed by atoms with Crippen LogP contribution >= 0.6 is 0 Å². The van der Waals surface area contributed by atoms with Crippen molar-refractivity contribution in [2.45, 2.75) is 37.7 Å². The highest BCUT2D eigenvalue weighted by atomic mass is 16.6. The van der Waals surface area contributed by atoms with Crippen LogP contribution < -0.4 is 9.47 Å². The predicted octanol–water partition coefficient (Wildman–Crippen LogP) is 1.17. The van der Waals surface area contributed by atoms with Crippen molar-refractivity contribution < 1.29 is 29.3 Å². The van der Waals surface area contributed by atoms with Gasteiger partial charge in [0.2, 0.25) is 5.91 Å². The van der Waals surface area contributed by atoms with Crippen molar-refractivity contribution in [1.29, 1.82) is 0 Å². The van der Waals surface area contributed by atoms with Gasteiger partial charge in [-0.3, -0.25) is 4.79 Å². The number of carboxylic acids is 1. The van der Waals surface area contributed by atoms with Crippen LogP contribution in [0.1, 0.15) is 32.3 Å². The third kappa shape index (κ3) is 3.16. The first kappa shape index (κ1) is 17.5. The predicted molar refractivity (Wildman–Crippen MR) is 88.9 cm³/mol. The molecule has 1 aromatic carbocycles. The third-order valence-corrected chi connectivity index (χ3v) is 5.07. The zero-order valence-electron chi connectivity index (χ0n) is 14.4. The molecule has 25 heavy (non-hydrogen) atoms. The van der Waals surface area contributed by atoms with Crippen LogP contribution in [0.3, 0.4) is 0 Å². The van der Waals surface area contributed by atoms with Crippen molar-refractivity contribution >= 4 is 11.9 Å². The molecule has 2 aliphatic rings. The minimum absolute atomic E-state index is 0.0330. The summed E-state index contributed by atoms with van der Waals surface area (Å²) in [5, 5.41) is 19.1. The fraction of sp³-hybridized carbons (Fsp3) is 0.556. The molecule has 0 bridgehead atoms. The van der Waals surface area contributed by atoms with E-state index in [1.807, 2.05) is 26.0 Å². The van der Waals surface area contributed by atoms with Gasteiger partial charge < -0.3 is 24.6 Å². The van der Waals surface area contributed by atoms with Crippen molar-refractivity contribution in [3.05, 3.63) is 23.8 Å². The lowest BCUT2D eigenvalue weighted by Gasteiger charge is -2.39. The van der Waals surface area contributed by atoms with Gasteiger partial charge in [0.05, 0.1) is 5.41 Å². The molecular formula is C18H23NO6. The number of carbonyl (C=O) groups excluding carboxylic acids is 1. The largest absolute Gasteiger partial charge is 0.486 e. The number of carboxylic acid groups (broad SMARTS) is 1. The lowest BCUT2D eigenvalue weighted by Crippen LogP contribution is -2.54. The third-order valence-electron chi connectivity index (χ3n) is 5.07. The van der Waals surface area contributed by atoms with E-state index in [9.17, 15) is 14.7 Å². The summed E-state index contributed by atoms with van der Waals surface area (Å²) < 4.78 is 11.1. The first-order valence-electron chi connectivity index (χ1n) is 8.39. The molecule has 0 radical (unpaired) electrons. The number of hydrogen-bond donors (Lipinski definition) is 2. The standard InChI is InChI=1S/C18H23NO6/c1-17(2,12-3-4-13-14(11-12)25-10-9-24-13)15(20)19-7-5-18(23,6-8-19)16(21)22/h3-4,11,23H,5-10H2,1-2H3,(H,21,22). The number of carbonyl (C=O) groups is 2. The fourth-order valence-corrected chi connectivity index (χ4v) is 3.24. The van der Waals surface area contributed by atoms with Crippen LogP contribution in [0.4, 0.5) is 0 Å². The Hall–Kier alpha value is -2.28. The number of nitrogens with zero attached hydrogens (tertiary/aromatic N) is 1. The van der Waals surface area contributed by atoms with Crippen molar-refractivity contribution in [1.82, 2.24) is 4.90 Å². The van der Waals surface area contributed by atoms with Gasteiger partial charge in [-0.2, -0.15) is 0 Å². The van der Waals surface area contributed by atoms with Crippen LogP contribution in [0.15, 0.2) is 18.2 Å². The summed E-state index contributed by atoms with van der Waals surface area (Å²) in [6.45, 7) is 5.09. The van der Waals surface area contributed by atoms with E-state index >= 15 is 0 Å². The van der Waals surface area contributed by atoms with Gasteiger partial charge in [0.25, 0.3) is 0 Å². The van der Waals surface area contributed by atoms with E-state index in [2.05, 4.69) is 0 Å². The molecule has 0 unspecified atom stereocenters. The number of aliphatic carboxylic acids is 1. The summed E-state index contributed by atoms with van der Waals surface area (Å²) in [5.74, 6) is -0.0337. The SMILES string of the molecule is CC(C)(C(=O)N1CCC(O)(C(=O)O)CC1)c1ccc2c(c1)OCCO2. The summed E-state index contributed by atoms with van der Waals surface area (Å²) >= 11 is 0. The molecule has 7 nitrogen and oxygen atoms in total. The lowest BCUT2D eigenvalue weighted by molar-refractivity contribution is -0.166. The Morgan fingerprint density at radius 2 is 1.72 bits per heavy atom. The first-order chi connectivity index (χ1) is 11.7. The highest BCUT2D eigenvalue weighted by molar-refractivity contribution is 5.88. The van der Waals surface area contributed by atoms with E-state index in [1.165, 1.54) is 0 Å². The molecule has 1 aromatic rings. The molecular weight excluding hydrogens is 326 g/mol. The van der Waals surface area contributed by atoms with Crippen LogP contribution in [0.25, 0.3) is 0 Å². The Morgan fingerprint density at radius 3 is 2.32 bits per heavy atom. The van der Waals surface area contributed by atoms with E-state index in [4.69, 9.17) is 14.6 Å². The van der Waals surface area contributed by atoms with Crippen molar-refractivity contribution in [3.8, 4) is 11.5 Å². The van der Waals surface area contributed by atoms with E-state index < -0.39 is 17.0 Å². The second-order valence-corrected chi connectivity index (χ2v) is 7.11. The molecule has 2 aliphatic heterocycles. The van der Waals surface area contributed by atoms with Crippen molar-refractivity contribution in [3.63, 3.8) is 0 Å². The van der Waals surface area contributed by atoms with Gasteiger partial charge in [0, 0.05) is 25.9 Å². The van der Waals surface area contributed by atoms with Gasteiger partial charge in [-0.1, -0.05) is 6.07 Å². The van der Waals surface area contributed by atoms with Gasteiger partial charge >= 0.3 is 5.97 Å². The number of benzene rings is 1. The second-order valence-electron chi connectivity index (χ2n) is 7.11. The Morgan fingerprint density at radius 1 is 1.12 bits per heavy atom. The van der Waals surface area contributed by atoms with Crippen LogP contribution in [0, 0.1) is 0 Å². The summed E-state index contributed by atoms with van der Waals surface area (Å²) in [5.41, 5.74) is -1.73. The Labute approximate surface area is 146 Å². The number of likely N-dealkylation sites (tertiary alicyclic amines) is 1. The molecule has 0 atom stereocenters. The molecule has 2 N–H and O–H groups in total. The number of fused-ring (bicyclic) bond motifs is 1. The molecule has 0 aliphatic carbocycles. The van der Waals surface area contributed by atoms with E-state index in [0.717, 1.165) is 5.56 Å². The quantitative estimate of drug-likeness (QED) is 0.850. The molecule has 1 amide bonds. The minimum Gasteiger partial charge on any atom is -0.486 e. The Balaban J connectivity index is 1.76. The smallest absolute Gasteiger partial charge is 0.335 e. The summed E-state index contributed by atoms with van der Waals surface area (Å²) in [7, 11) is 0. The molecule has 0 aromatic heterocycles. The molecule has 1 saturated heterocycles. The average Bonchev–Trinajstić information content (AvgIpc) is 2.61. The maximum atomic E-state index is 13.0. The van der Waals surface area contributed by atoms with Crippen molar-refractivity contribution in [2.24, 2.45) is 0 Å². The number of rotatable bonds is 3. The first-order valence-corrected chi connectivity index (χ1v) is 8.39. The average molecular weight is 349 g/mol. The van der Waals surface area contributed by atoms with Crippen LogP contribution in [-0.4, -0.2) is 58.9 Å². The summed E-state index contributed by atoms with van der Waals surface area (Å²) in [6, 6.07) is 5.48. The number of aliphatic hydroxyl groups is 1. The lowest BCUT2D eigenvalue weighted by atomic mass is 9.81. The zero-order valence-corrected chi connectivity index (χ0v) is 14.4. The number of ether oxygens (including phenoxy) is 2. The molecule has 136 valence electrons. The molecule has 0 spiro atoms. The molecule has 7 heteroatoms. The zero-order chi connectivity index (χ0) is 18.2. The van der Waals surface area contributed by atoms with Crippen LogP contribution in [0.2, 0.25) is 0 Å². The molecule has 3 rings (SSSR count). The van der Waals surface area contributed by atoms with Crippen LogP contribution in [-0.2, 0) is 15.0 Å². The monoisotopic (exact) mass is 349 g/mol. The fourth-order valence-electron chi connectivity index (χ4n) is 3.24. The van der Waals surface area contributed by atoms with Crippen molar-refractivity contribution in [2.75, 3.05) is 26.3 Å². The van der Waals surface area contributed by atoms with E-state index in [0.29, 0.717) is 24.7 Å². The maximum Gasteiger partial charge on any atom is 0.335 e. The van der Waals surface area contributed by atoms with Gasteiger partial charge in [0.1, 0.15) is 13.2 Å². The van der Waals surface area contributed by atoms with Crippen LogP contribution in [0.5, 0.6) is 11.5 Å². The molecule has 1 fully saturated rings. The van der Waals surface area contributed by atoms with Gasteiger partial charge in [-0.15, -0.1) is 0 Å². The van der Waals surface area contributed by atoms with Gasteiger partial charge in [-0.25, -0.2) is 4.79 Å². The van der Waals surface area contributed by atoms with Gasteiger partial charge in [0.15, 0.2) is 17.1 Å². The summed E-state index contributed by atoms with van der Waals surface area (Å²) in [6.07, 6.45) is 0.0661. The Bertz CT molecular complexity index is 691. The van der Waals surface area contributed by atoms with Gasteiger partial charge in [-0.05, 0) is 31.5 Å². The maximum absolute atomic E-state index is 13.0. The molecule has 2 heterocycles. The van der Waals surface area contributed by atoms with E-state index in [1.54, 1.807) is 11.0 Å². The molecule has 0 saturated carbocycles. The highest BCUT2D eigenvalue weighted by Gasteiger charge is 2.43.